The third-order valence-electron chi connectivity index (χ3n) is 7.30. The quantitative estimate of drug-likeness (QED) is 0.454. The van der Waals surface area contributed by atoms with Crippen LogP contribution in [0.2, 0.25) is 0 Å². The second-order valence-electron chi connectivity index (χ2n) is 9.65. The minimum Gasteiger partial charge on any atom is -0.497 e. The maximum Gasteiger partial charge on any atom is 0.586 e. The van der Waals surface area contributed by atoms with Crippen molar-refractivity contribution < 1.29 is 42.1 Å². The molecule has 1 aromatic heterocycles. The molecule has 202 valence electrons. The Morgan fingerprint density at radius 2 is 1.79 bits per heavy atom. The fraction of sp³-hybridized carbons (Fsp3) is 0.321. The molecule has 2 aliphatic heterocycles. The molecule has 0 radical (unpaired) electrons. The topological polar surface area (TPSA) is 105 Å². The summed E-state index contributed by atoms with van der Waals surface area (Å²) in [7, 11) is 2.84. The molecule has 11 heteroatoms. The summed E-state index contributed by atoms with van der Waals surface area (Å²) in [5.74, 6) is 0.229. The van der Waals surface area contributed by atoms with Crippen LogP contribution in [-0.2, 0) is 14.9 Å². The number of rotatable bonds is 6. The highest BCUT2D eigenvalue weighted by Crippen LogP contribution is 2.52. The molecule has 3 aromatic rings. The molecule has 2 aromatic carbocycles. The van der Waals surface area contributed by atoms with Crippen LogP contribution in [0.3, 0.4) is 0 Å². The SMILES string of the molecule is COC(=O)c1ccc([C@H]2C[C@H](NC(=O)C3(c4ccc5c(c4)OC(F)(F)O5)CC3)c3ccc(OC)cc3O2)nc1. The molecule has 3 aliphatic rings. The fourth-order valence-corrected chi connectivity index (χ4v) is 5.04. The van der Waals surface area contributed by atoms with Gasteiger partial charge in [0.15, 0.2) is 11.5 Å². The van der Waals surface area contributed by atoms with Crippen LogP contribution in [-0.4, -0.2) is 37.4 Å². The summed E-state index contributed by atoms with van der Waals surface area (Å²) >= 11 is 0. The first kappa shape index (κ1) is 24.9. The average molecular weight is 539 g/mol. The van der Waals surface area contributed by atoms with E-state index >= 15 is 0 Å². The number of aromatic nitrogens is 1. The maximum atomic E-state index is 13.7. The Morgan fingerprint density at radius 3 is 2.49 bits per heavy atom. The minimum absolute atomic E-state index is 0.0687. The molecular weight excluding hydrogens is 514 g/mol. The summed E-state index contributed by atoms with van der Waals surface area (Å²) < 4.78 is 52.5. The van der Waals surface area contributed by atoms with Gasteiger partial charge in [-0.15, -0.1) is 8.78 Å². The largest absolute Gasteiger partial charge is 0.586 e. The zero-order valence-corrected chi connectivity index (χ0v) is 21.0. The third kappa shape index (κ3) is 4.47. The van der Waals surface area contributed by atoms with Crippen LogP contribution in [0.5, 0.6) is 23.0 Å². The monoisotopic (exact) mass is 538 g/mol. The van der Waals surface area contributed by atoms with E-state index in [1.165, 1.54) is 25.4 Å². The van der Waals surface area contributed by atoms with E-state index in [9.17, 15) is 18.4 Å². The number of carbonyl (C=O) groups excluding carboxylic acids is 2. The number of fused-ring (bicyclic) bond motifs is 2. The highest BCUT2D eigenvalue weighted by Gasteiger charge is 2.53. The molecule has 39 heavy (non-hydrogen) atoms. The Kier molecular flexibility index (Phi) is 5.81. The standard InChI is InChI=1S/C28H24F2N2O7/c1-35-17-5-6-18-20(13-23(37-22(18)12-17)19-7-3-15(14-31-19)25(33)36-2)32-26(34)27(9-10-27)16-4-8-21-24(11-16)39-28(29,30)38-21/h3-8,11-12,14,20,23H,9-10,13H2,1-2H3,(H,32,34)/t20-,23+/m0/s1. The molecule has 0 bridgehead atoms. The number of halogens is 2. The Bertz CT molecular complexity index is 1460. The van der Waals surface area contributed by atoms with Gasteiger partial charge in [0.1, 0.15) is 17.6 Å². The number of esters is 1. The summed E-state index contributed by atoms with van der Waals surface area (Å²) in [6, 6.07) is 12.7. The van der Waals surface area contributed by atoms with Crippen molar-refractivity contribution in [3.05, 3.63) is 77.1 Å². The van der Waals surface area contributed by atoms with Crippen molar-refractivity contribution in [2.45, 2.75) is 43.1 Å². The van der Waals surface area contributed by atoms with Crippen LogP contribution in [0.4, 0.5) is 8.78 Å². The Labute approximate surface area is 222 Å². The van der Waals surface area contributed by atoms with Crippen LogP contribution in [0, 0.1) is 0 Å². The average Bonchev–Trinajstić information content (AvgIpc) is 3.69. The molecule has 9 nitrogen and oxygen atoms in total. The summed E-state index contributed by atoms with van der Waals surface area (Å²) in [5, 5.41) is 3.15. The van der Waals surface area contributed by atoms with Gasteiger partial charge in [0.25, 0.3) is 0 Å². The van der Waals surface area contributed by atoms with Gasteiger partial charge in [-0.3, -0.25) is 9.78 Å². The highest BCUT2D eigenvalue weighted by atomic mass is 19.3. The zero-order valence-electron chi connectivity index (χ0n) is 21.0. The van der Waals surface area contributed by atoms with Crippen molar-refractivity contribution in [1.82, 2.24) is 10.3 Å². The van der Waals surface area contributed by atoms with Crippen LogP contribution in [0.1, 0.15) is 58.6 Å². The molecule has 1 N–H and O–H groups in total. The second-order valence-corrected chi connectivity index (χ2v) is 9.65. The summed E-state index contributed by atoms with van der Waals surface area (Å²) in [6.45, 7) is 0. The van der Waals surface area contributed by atoms with Crippen LogP contribution >= 0.6 is 0 Å². The zero-order chi connectivity index (χ0) is 27.4. The number of alkyl halides is 2. The molecular formula is C28H24F2N2O7. The molecule has 1 amide bonds. The van der Waals surface area contributed by atoms with E-state index < -0.39 is 29.8 Å². The fourth-order valence-electron chi connectivity index (χ4n) is 5.04. The van der Waals surface area contributed by atoms with Crippen molar-refractivity contribution >= 4 is 11.9 Å². The molecule has 3 heterocycles. The van der Waals surface area contributed by atoms with E-state index in [0.717, 1.165) is 5.56 Å². The van der Waals surface area contributed by atoms with Crippen molar-refractivity contribution in [3.63, 3.8) is 0 Å². The maximum absolute atomic E-state index is 13.7. The number of hydrogen-bond donors (Lipinski definition) is 1. The molecule has 0 spiro atoms. The number of methoxy groups -OCH3 is 2. The summed E-state index contributed by atoms with van der Waals surface area (Å²) in [4.78, 5) is 29.9. The first-order chi connectivity index (χ1) is 18.7. The Hall–Kier alpha value is -4.41. The second kappa shape index (κ2) is 9.11. The van der Waals surface area contributed by atoms with Gasteiger partial charge in [-0.05, 0) is 54.8 Å². The molecule has 1 saturated carbocycles. The van der Waals surface area contributed by atoms with Gasteiger partial charge in [-0.25, -0.2) is 4.79 Å². The summed E-state index contributed by atoms with van der Waals surface area (Å²) in [6.07, 6.45) is -1.34. The molecule has 1 aliphatic carbocycles. The van der Waals surface area contributed by atoms with Gasteiger partial charge in [0, 0.05) is 24.2 Å². The predicted molar refractivity (Wildman–Crippen MR) is 131 cm³/mol. The van der Waals surface area contributed by atoms with Crippen LogP contribution in [0.15, 0.2) is 54.7 Å². The number of amides is 1. The van der Waals surface area contributed by atoms with E-state index in [1.54, 1.807) is 37.4 Å². The number of nitrogens with one attached hydrogen (secondary N) is 1. The first-order valence-corrected chi connectivity index (χ1v) is 12.3. The first-order valence-electron chi connectivity index (χ1n) is 12.3. The van der Waals surface area contributed by atoms with Gasteiger partial charge >= 0.3 is 12.3 Å². The van der Waals surface area contributed by atoms with Gasteiger partial charge in [0.05, 0.1) is 36.9 Å². The smallest absolute Gasteiger partial charge is 0.497 e. The molecule has 6 rings (SSSR count). The lowest BCUT2D eigenvalue weighted by Gasteiger charge is -2.33. The summed E-state index contributed by atoms with van der Waals surface area (Å²) in [5.41, 5.74) is 1.37. The number of ether oxygens (including phenoxy) is 5. The highest BCUT2D eigenvalue weighted by molar-refractivity contribution is 5.92. The van der Waals surface area contributed by atoms with Crippen molar-refractivity contribution in [1.29, 1.82) is 0 Å². The van der Waals surface area contributed by atoms with Crippen molar-refractivity contribution in [2.24, 2.45) is 0 Å². The van der Waals surface area contributed by atoms with Gasteiger partial charge in [0.2, 0.25) is 5.91 Å². The lowest BCUT2D eigenvalue weighted by molar-refractivity contribution is -0.286. The third-order valence-corrected chi connectivity index (χ3v) is 7.30. The van der Waals surface area contributed by atoms with E-state index in [1.807, 2.05) is 6.07 Å². The van der Waals surface area contributed by atoms with E-state index in [2.05, 4.69) is 19.8 Å². The Morgan fingerprint density at radius 1 is 1.00 bits per heavy atom. The van der Waals surface area contributed by atoms with Crippen LogP contribution < -0.4 is 24.3 Å². The number of nitrogens with zero attached hydrogens (tertiary/aromatic N) is 1. The molecule has 2 atom stereocenters. The number of benzene rings is 2. The van der Waals surface area contributed by atoms with E-state index in [-0.39, 0.29) is 17.4 Å². The number of pyridine rings is 1. The molecule has 0 saturated heterocycles. The minimum atomic E-state index is -3.73. The lowest BCUT2D eigenvalue weighted by atomic mass is 9.91. The van der Waals surface area contributed by atoms with E-state index in [0.29, 0.717) is 47.6 Å². The molecule has 1 fully saturated rings. The lowest BCUT2D eigenvalue weighted by Crippen LogP contribution is -2.39. The van der Waals surface area contributed by atoms with Gasteiger partial charge < -0.3 is 29.0 Å². The van der Waals surface area contributed by atoms with Crippen molar-refractivity contribution in [2.75, 3.05) is 14.2 Å². The van der Waals surface area contributed by atoms with Gasteiger partial charge in [-0.1, -0.05) is 6.07 Å². The normalized spacial score (nSPS) is 21.2. The number of carbonyl (C=O) groups is 2. The van der Waals surface area contributed by atoms with E-state index in [4.69, 9.17) is 14.2 Å². The van der Waals surface area contributed by atoms with Crippen molar-refractivity contribution in [3.8, 4) is 23.0 Å². The predicted octanol–water partition coefficient (Wildman–Crippen LogP) is 4.61. The number of hydrogen-bond acceptors (Lipinski definition) is 8. The Balaban J connectivity index is 1.27. The van der Waals surface area contributed by atoms with Crippen LogP contribution in [0.25, 0.3) is 0 Å². The van der Waals surface area contributed by atoms with Gasteiger partial charge in [-0.2, -0.15) is 0 Å². The molecule has 0 unspecified atom stereocenters.